The average molecular weight is 280 g/mol. The number of rotatable bonds is 0. The summed E-state index contributed by atoms with van der Waals surface area (Å²) in [6.07, 6.45) is 4.41. The quantitative estimate of drug-likeness (QED) is 0.743. The first-order chi connectivity index (χ1) is 10.2. The largest absolute Gasteiger partial charge is 0.393 e. The first-order valence-corrected chi connectivity index (χ1v) is 7.45. The number of ketones is 2. The van der Waals surface area contributed by atoms with Gasteiger partial charge in [0.2, 0.25) is 0 Å². The van der Waals surface area contributed by atoms with Gasteiger partial charge < -0.3 is 5.11 Å². The molecule has 0 saturated heterocycles. The molecule has 0 unspecified atom stereocenters. The molecule has 21 heavy (non-hydrogen) atoms. The zero-order chi connectivity index (χ0) is 14.6. The van der Waals surface area contributed by atoms with Crippen LogP contribution in [-0.2, 0) is 0 Å². The molecule has 1 aromatic carbocycles. The Balaban J connectivity index is 1.86. The molecule has 0 heterocycles. The van der Waals surface area contributed by atoms with Crippen LogP contribution in [0.2, 0.25) is 0 Å². The molecule has 106 valence electrons. The lowest BCUT2D eigenvalue weighted by atomic mass is 9.67. The van der Waals surface area contributed by atoms with Gasteiger partial charge in [-0.2, -0.15) is 0 Å². The highest BCUT2D eigenvalue weighted by atomic mass is 16.3. The molecule has 0 aromatic heterocycles. The Morgan fingerprint density at radius 3 is 2.52 bits per heavy atom. The Hall–Kier alpha value is -2.00. The topological polar surface area (TPSA) is 54.4 Å². The van der Waals surface area contributed by atoms with Crippen molar-refractivity contribution in [2.45, 2.75) is 31.8 Å². The number of aliphatic hydroxyl groups excluding tert-OH is 1. The average Bonchev–Trinajstić information content (AvgIpc) is 2.51. The SMILES string of the molecule is O=C1C2=C(C(=O)c3ccccc31)[C@H]1C[C@H](O)CCC1=CC2. The molecule has 0 spiro atoms. The fourth-order valence-corrected chi connectivity index (χ4v) is 3.85. The van der Waals surface area contributed by atoms with Gasteiger partial charge >= 0.3 is 0 Å². The van der Waals surface area contributed by atoms with E-state index in [1.807, 2.05) is 0 Å². The van der Waals surface area contributed by atoms with Crippen molar-refractivity contribution in [1.29, 1.82) is 0 Å². The maximum atomic E-state index is 12.8. The van der Waals surface area contributed by atoms with Crippen LogP contribution in [0.4, 0.5) is 0 Å². The Kier molecular flexibility index (Phi) is 2.73. The van der Waals surface area contributed by atoms with E-state index in [1.54, 1.807) is 24.3 Å². The Morgan fingerprint density at radius 2 is 1.76 bits per heavy atom. The molecule has 0 aliphatic heterocycles. The molecular formula is C18H16O3. The van der Waals surface area contributed by atoms with E-state index in [2.05, 4.69) is 6.08 Å². The highest BCUT2D eigenvalue weighted by Crippen LogP contribution is 2.44. The summed E-state index contributed by atoms with van der Waals surface area (Å²) < 4.78 is 0. The molecule has 3 nitrogen and oxygen atoms in total. The van der Waals surface area contributed by atoms with Crippen molar-refractivity contribution in [3.63, 3.8) is 0 Å². The molecule has 4 rings (SSSR count). The van der Waals surface area contributed by atoms with Crippen molar-refractivity contribution in [3.05, 3.63) is 58.2 Å². The Labute approximate surface area is 123 Å². The molecule has 3 aliphatic carbocycles. The summed E-state index contributed by atoms with van der Waals surface area (Å²) in [5, 5.41) is 9.94. The lowest BCUT2D eigenvalue weighted by Gasteiger charge is -2.36. The van der Waals surface area contributed by atoms with Crippen LogP contribution in [0.25, 0.3) is 0 Å². The minimum atomic E-state index is -0.376. The van der Waals surface area contributed by atoms with E-state index in [1.165, 1.54) is 5.57 Å². The van der Waals surface area contributed by atoms with Crippen LogP contribution in [0.1, 0.15) is 46.4 Å². The number of allylic oxidation sites excluding steroid dienone is 4. The maximum absolute atomic E-state index is 12.8. The van der Waals surface area contributed by atoms with Crippen LogP contribution in [0.15, 0.2) is 47.1 Å². The predicted molar refractivity (Wildman–Crippen MR) is 78.2 cm³/mol. The number of hydrogen-bond donors (Lipinski definition) is 1. The standard InChI is InChI=1S/C18H16O3/c19-11-7-5-10-6-8-14-16(15(10)9-11)18(21)13-4-2-1-3-12(13)17(14)20/h1-4,6,11,15,19H,5,7-9H2/t11-,15+/m1/s1. The van der Waals surface area contributed by atoms with Gasteiger partial charge in [0.15, 0.2) is 11.6 Å². The normalized spacial score (nSPS) is 27.8. The minimum Gasteiger partial charge on any atom is -0.393 e. The van der Waals surface area contributed by atoms with E-state index in [-0.39, 0.29) is 23.6 Å². The van der Waals surface area contributed by atoms with E-state index in [9.17, 15) is 14.7 Å². The van der Waals surface area contributed by atoms with Gasteiger partial charge in [0.05, 0.1) is 6.10 Å². The molecular weight excluding hydrogens is 264 g/mol. The van der Waals surface area contributed by atoms with E-state index in [0.29, 0.717) is 35.1 Å². The molecule has 2 atom stereocenters. The van der Waals surface area contributed by atoms with Crippen molar-refractivity contribution in [2.24, 2.45) is 5.92 Å². The van der Waals surface area contributed by atoms with Gasteiger partial charge in [-0.15, -0.1) is 0 Å². The second-order valence-electron chi connectivity index (χ2n) is 6.06. The summed E-state index contributed by atoms with van der Waals surface area (Å²) in [5.74, 6) is -0.109. The number of hydrogen-bond acceptors (Lipinski definition) is 3. The third kappa shape index (κ3) is 1.77. The summed E-state index contributed by atoms with van der Waals surface area (Å²) >= 11 is 0. The van der Waals surface area contributed by atoms with Crippen LogP contribution in [0.5, 0.6) is 0 Å². The molecule has 3 heteroatoms. The highest BCUT2D eigenvalue weighted by molar-refractivity contribution is 6.27. The van der Waals surface area contributed by atoms with E-state index in [4.69, 9.17) is 0 Å². The summed E-state index contributed by atoms with van der Waals surface area (Å²) in [7, 11) is 0. The van der Waals surface area contributed by atoms with Crippen molar-refractivity contribution in [3.8, 4) is 0 Å². The van der Waals surface area contributed by atoms with Crippen LogP contribution >= 0.6 is 0 Å². The molecule has 1 N–H and O–H groups in total. The van der Waals surface area contributed by atoms with Crippen LogP contribution in [0.3, 0.4) is 0 Å². The predicted octanol–water partition coefficient (Wildman–Crippen LogP) is 2.85. The van der Waals surface area contributed by atoms with Gasteiger partial charge in [-0.3, -0.25) is 9.59 Å². The summed E-state index contributed by atoms with van der Waals surface area (Å²) in [6.45, 7) is 0. The third-order valence-corrected chi connectivity index (χ3v) is 4.90. The number of carbonyl (C=O) groups excluding carboxylic acids is 2. The zero-order valence-electron chi connectivity index (χ0n) is 11.6. The smallest absolute Gasteiger partial charge is 0.190 e. The number of fused-ring (bicyclic) bond motifs is 3. The fourth-order valence-electron chi connectivity index (χ4n) is 3.85. The molecule has 0 bridgehead atoms. The molecule has 0 amide bonds. The molecule has 1 saturated carbocycles. The molecule has 0 radical (unpaired) electrons. The monoisotopic (exact) mass is 280 g/mol. The van der Waals surface area contributed by atoms with Gasteiger partial charge in [-0.25, -0.2) is 0 Å². The highest BCUT2D eigenvalue weighted by Gasteiger charge is 2.40. The van der Waals surface area contributed by atoms with E-state index < -0.39 is 0 Å². The maximum Gasteiger partial charge on any atom is 0.190 e. The lowest BCUT2D eigenvalue weighted by molar-refractivity contribution is 0.0937. The summed E-state index contributed by atoms with van der Waals surface area (Å²) in [5.41, 5.74) is 3.55. The van der Waals surface area contributed by atoms with Gasteiger partial charge in [-0.05, 0) is 25.7 Å². The summed E-state index contributed by atoms with van der Waals surface area (Å²) in [4.78, 5) is 25.5. The van der Waals surface area contributed by atoms with Crippen LogP contribution in [-0.4, -0.2) is 22.8 Å². The number of Topliss-reactive ketones (excluding diaryl/α,β-unsaturated/α-hetero) is 2. The van der Waals surface area contributed by atoms with Gasteiger partial charge in [-0.1, -0.05) is 35.9 Å². The molecule has 1 fully saturated rings. The third-order valence-electron chi connectivity index (χ3n) is 4.90. The minimum absolute atomic E-state index is 0.0180. The zero-order valence-corrected chi connectivity index (χ0v) is 11.6. The van der Waals surface area contributed by atoms with Crippen molar-refractivity contribution < 1.29 is 14.7 Å². The summed E-state index contributed by atoms with van der Waals surface area (Å²) in [6, 6.07) is 7.06. The number of benzene rings is 1. The van der Waals surface area contributed by atoms with Crippen molar-refractivity contribution >= 4 is 11.6 Å². The van der Waals surface area contributed by atoms with Gasteiger partial charge in [0.1, 0.15) is 0 Å². The number of carbonyl (C=O) groups is 2. The van der Waals surface area contributed by atoms with Crippen molar-refractivity contribution in [2.75, 3.05) is 0 Å². The second kappa shape index (κ2) is 4.50. The van der Waals surface area contributed by atoms with E-state index in [0.717, 1.165) is 12.8 Å². The molecule has 1 aromatic rings. The van der Waals surface area contributed by atoms with Crippen LogP contribution in [0, 0.1) is 5.92 Å². The van der Waals surface area contributed by atoms with Gasteiger partial charge in [0.25, 0.3) is 0 Å². The van der Waals surface area contributed by atoms with Crippen LogP contribution < -0.4 is 0 Å². The lowest BCUT2D eigenvalue weighted by Crippen LogP contribution is -2.33. The molecule has 3 aliphatic rings. The Morgan fingerprint density at radius 1 is 1.05 bits per heavy atom. The number of aliphatic hydroxyl groups is 1. The fraction of sp³-hybridized carbons (Fsp3) is 0.333. The van der Waals surface area contributed by atoms with Gasteiger partial charge in [0, 0.05) is 28.2 Å². The van der Waals surface area contributed by atoms with Crippen molar-refractivity contribution in [1.82, 2.24) is 0 Å². The Bertz CT molecular complexity index is 724. The first kappa shape index (κ1) is 12.7. The second-order valence-corrected chi connectivity index (χ2v) is 6.06. The first-order valence-electron chi connectivity index (χ1n) is 7.45. The van der Waals surface area contributed by atoms with E-state index >= 15 is 0 Å².